The summed E-state index contributed by atoms with van der Waals surface area (Å²) in [5.74, 6) is -0.730. The van der Waals surface area contributed by atoms with Crippen molar-refractivity contribution in [2.24, 2.45) is 5.41 Å². The van der Waals surface area contributed by atoms with Gasteiger partial charge in [-0.2, -0.15) is 0 Å². The molecule has 0 aromatic rings. The van der Waals surface area contributed by atoms with Gasteiger partial charge in [0.05, 0.1) is 51.6 Å². The van der Waals surface area contributed by atoms with Crippen LogP contribution in [-0.2, 0) is 38.0 Å². The third-order valence-corrected chi connectivity index (χ3v) is 4.06. The number of alkyl carbamates (subject to hydrolysis) is 1. The second kappa shape index (κ2) is 17.5. The normalized spacial score (nSPS) is 11.0. The number of nitrogens with one attached hydrogen (secondary N) is 1. The van der Waals surface area contributed by atoms with E-state index in [1.54, 1.807) is 6.92 Å². The van der Waals surface area contributed by atoms with E-state index in [4.69, 9.17) is 28.4 Å². The van der Waals surface area contributed by atoms with E-state index in [1.165, 1.54) is 0 Å². The second-order valence-corrected chi connectivity index (χ2v) is 7.19. The van der Waals surface area contributed by atoms with Crippen molar-refractivity contribution in [2.45, 2.75) is 34.1 Å². The van der Waals surface area contributed by atoms with E-state index < -0.39 is 17.5 Å². The lowest BCUT2D eigenvalue weighted by Gasteiger charge is -2.20. The minimum absolute atomic E-state index is 0.0422. The minimum Gasteiger partial charge on any atom is -0.463 e. The SMILES string of the molecule is C=C(C)C(=O)OCCNC(=O)OCCOCCOCCOCCOC(=O)C(C)(C)CC. The summed E-state index contributed by atoms with van der Waals surface area (Å²) in [4.78, 5) is 34.3. The van der Waals surface area contributed by atoms with Gasteiger partial charge in [-0.1, -0.05) is 13.5 Å². The quantitative estimate of drug-likeness (QED) is 0.145. The number of ether oxygens (including phenoxy) is 6. The van der Waals surface area contributed by atoms with Gasteiger partial charge in [0, 0.05) is 5.57 Å². The van der Waals surface area contributed by atoms with E-state index in [1.807, 2.05) is 20.8 Å². The minimum atomic E-state index is -0.618. The number of carbonyl (C=O) groups excluding carboxylic acids is 3. The maximum atomic E-state index is 11.8. The van der Waals surface area contributed by atoms with Gasteiger partial charge < -0.3 is 33.7 Å². The van der Waals surface area contributed by atoms with Crippen LogP contribution in [0.3, 0.4) is 0 Å². The Morgan fingerprint density at radius 1 is 0.774 bits per heavy atom. The predicted octanol–water partition coefficient (Wildman–Crippen LogP) is 1.86. The van der Waals surface area contributed by atoms with Crippen molar-refractivity contribution in [1.82, 2.24) is 5.32 Å². The van der Waals surface area contributed by atoms with Gasteiger partial charge in [0.2, 0.25) is 0 Å². The van der Waals surface area contributed by atoms with Crippen molar-refractivity contribution in [3.63, 3.8) is 0 Å². The molecule has 10 heteroatoms. The largest absolute Gasteiger partial charge is 0.463 e. The zero-order valence-corrected chi connectivity index (χ0v) is 19.2. The van der Waals surface area contributed by atoms with Crippen molar-refractivity contribution in [3.05, 3.63) is 12.2 Å². The summed E-state index contributed by atoms with van der Waals surface area (Å²) in [6.45, 7) is 13.2. The summed E-state index contributed by atoms with van der Waals surface area (Å²) in [5.41, 5.74) is -0.176. The number of hydrogen-bond donors (Lipinski definition) is 1. The lowest BCUT2D eigenvalue weighted by molar-refractivity contribution is -0.155. The third-order valence-electron chi connectivity index (χ3n) is 4.06. The molecular weight excluding hydrogens is 410 g/mol. The Morgan fingerprint density at radius 3 is 1.74 bits per heavy atom. The highest BCUT2D eigenvalue weighted by atomic mass is 16.6. The third kappa shape index (κ3) is 16.2. The average molecular weight is 448 g/mol. The van der Waals surface area contributed by atoms with Crippen LogP contribution in [0.15, 0.2) is 12.2 Å². The summed E-state index contributed by atoms with van der Waals surface area (Å²) in [6, 6.07) is 0. The first-order chi connectivity index (χ1) is 14.7. The standard InChI is InChI=1S/C21H37NO9/c1-6-21(4,5)19(24)30-15-13-27-11-9-26-10-12-28-14-16-31-20(25)22-7-8-29-18(23)17(2)3/h2,6-16H2,1,3-5H3,(H,22,25). The van der Waals surface area contributed by atoms with Crippen molar-refractivity contribution in [3.8, 4) is 0 Å². The fraction of sp³-hybridized carbons (Fsp3) is 0.762. The van der Waals surface area contributed by atoms with Gasteiger partial charge in [0.15, 0.2) is 0 Å². The van der Waals surface area contributed by atoms with E-state index in [0.717, 1.165) is 6.42 Å². The molecule has 0 aliphatic rings. The molecule has 31 heavy (non-hydrogen) atoms. The number of amides is 1. The van der Waals surface area contributed by atoms with Crippen molar-refractivity contribution in [1.29, 1.82) is 0 Å². The van der Waals surface area contributed by atoms with Gasteiger partial charge in [-0.3, -0.25) is 4.79 Å². The van der Waals surface area contributed by atoms with Crippen LogP contribution in [-0.4, -0.2) is 84.0 Å². The van der Waals surface area contributed by atoms with Crippen molar-refractivity contribution < 1.29 is 42.8 Å². The average Bonchev–Trinajstić information content (AvgIpc) is 2.73. The summed E-state index contributed by atoms with van der Waals surface area (Å²) < 4.78 is 30.8. The summed E-state index contributed by atoms with van der Waals surface area (Å²) in [6.07, 6.45) is 0.101. The highest BCUT2D eigenvalue weighted by Gasteiger charge is 2.26. The molecule has 1 N–H and O–H groups in total. The van der Waals surface area contributed by atoms with Gasteiger partial charge in [-0.25, -0.2) is 9.59 Å². The van der Waals surface area contributed by atoms with Crippen LogP contribution in [0.5, 0.6) is 0 Å². The summed E-state index contributed by atoms with van der Waals surface area (Å²) >= 11 is 0. The highest BCUT2D eigenvalue weighted by molar-refractivity contribution is 5.86. The van der Waals surface area contributed by atoms with Crippen LogP contribution in [0.25, 0.3) is 0 Å². The Bertz CT molecular complexity index is 549. The van der Waals surface area contributed by atoms with Gasteiger partial charge in [-0.15, -0.1) is 0 Å². The molecule has 0 spiro atoms. The van der Waals surface area contributed by atoms with E-state index in [2.05, 4.69) is 11.9 Å². The topological polar surface area (TPSA) is 119 Å². The first-order valence-corrected chi connectivity index (χ1v) is 10.3. The van der Waals surface area contributed by atoms with Crippen LogP contribution < -0.4 is 5.32 Å². The fourth-order valence-electron chi connectivity index (χ4n) is 1.74. The zero-order valence-electron chi connectivity index (χ0n) is 19.2. The lowest BCUT2D eigenvalue weighted by Crippen LogP contribution is -2.29. The van der Waals surface area contributed by atoms with Crippen LogP contribution in [0.4, 0.5) is 4.79 Å². The molecule has 0 saturated heterocycles. The van der Waals surface area contributed by atoms with Crippen molar-refractivity contribution >= 4 is 18.0 Å². The predicted molar refractivity (Wildman–Crippen MR) is 113 cm³/mol. The highest BCUT2D eigenvalue weighted by Crippen LogP contribution is 2.21. The maximum Gasteiger partial charge on any atom is 0.407 e. The molecule has 0 unspecified atom stereocenters. The molecule has 0 bridgehead atoms. The molecule has 0 aliphatic heterocycles. The van der Waals surface area contributed by atoms with E-state index in [0.29, 0.717) is 38.6 Å². The van der Waals surface area contributed by atoms with E-state index in [-0.39, 0.29) is 38.9 Å². The lowest BCUT2D eigenvalue weighted by atomic mass is 9.91. The number of esters is 2. The van der Waals surface area contributed by atoms with E-state index in [9.17, 15) is 14.4 Å². The molecule has 0 saturated carbocycles. The monoisotopic (exact) mass is 447 g/mol. The van der Waals surface area contributed by atoms with Crippen LogP contribution in [0, 0.1) is 5.41 Å². The van der Waals surface area contributed by atoms with Crippen LogP contribution >= 0.6 is 0 Å². The summed E-state index contributed by atoms with van der Waals surface area (Å²) in [5, 5.41) is 2.44. The Kier molecular flexibility index (Phi) is 16.3. The van der Waals surface area contributed by atoms with Gasteiger partial charge in [0.25, 0.3) is 0 Å². The Labute approximate surface area is 184 Å². The molecule has 0 aliphatic carbocycles. The molecule has 10 nitrogen and oxygen atoms in total. The van der Waals surface area contributed by atoms with Gasteiger partial charge >= 0.3 is 18.0 Å². The smallest absolute Gasteiger partial charge is 0.407 e. The van der Waals surface area contributed by atoms with E-state index >= 15 is 0 Å². The molecule has 0 atom stereocenters. The molecule has 0 heterocycles. The molecule has 1 amide bonds. The van der Waals surface area contributed by atoms with Gasteiger partial charge in [-0.05, 0) is 27.2 Å². The Balaban J connectivity index is 3.36. The number of carbonyl (C=O) groups is 3. The molecule has 0 radical (unpaired) electrons. The van der Waals surface area contributed by atoms with Crippen LogP contribution in [0.2, 0.25) is 0 Å². The first-order valence-electron chi connectivity index (χ1n) is 10.3. The first kappa shape index (κ1) is 28.8. The molecule has 0 fully saturated rings. The number of rotatable bonds is 18. The second-order valence-electron chi connectivity index (χ2n) is 7.19. The molecular formula is C21H37NO9. The van der Waals surface area contributed by atoms with Gasteiger partial charge in [0.1, 0.15) is 19.8 Å². The van der Waals surface area contributed by atoms with Crippen LogP contribution in [0.1, 0.15) is 34.1 Å². The zero-order chi connectivity index (χ0) is 23.5. The maximum absolute atomic E-state index is 11.8. The fourth-order valence-corrected chi connectivity index (χ4v) is 1.74. The Morgan fingerprint density at radius 2 is 1.26 bits per heavy atom. The molecule has 0 aromatic heterocycles. The molecule has 0 rings (SSSR count). The number of hydrogen-bond acceptors (Lipinski definition) is 9. The van der Waals surface area contributed by atoms with Crippen molar-refractivity contribution in [2.75, 3.05) is 66.0 Å². The summed E-state index contributed by atoms with van der Waals surface area (Å²) in [7, 11) is 0. The molecule has 180 valence electrons. The Hall–Kier alpha value is -2.17. The molecule has 0 aromatic carbocycles.